The van der Waals surface area contributed by atoms with E-state index in [1.54, 1.807) is 16.8 Å². The van der Waals surface area contributed by atoms with Crippen molar-refractivity contribution in [1.29, 1.82) is 0 Å². The van der Waals surface area contributed by atoms with E-state index in [2.05, 4.69) is 26.9 Å². The van der Waals surface area contributed by atoms with E-state index in [0.717, 1.165) is 37.0 Å². The van der Waals surface area contributed by atoms with Gasteiger partial charge in [0.15, 0.2) is 11.1 Å². The number of rotatable bonds is 4. The number of piperazine rings is 1. The number of hydrogen-bond acceptors (Lipinski definition) is 7. The molecule has 3 N–H and O–H groups in total. The summed E-state index contributed by atoms with van der Waals surface area (Å²) in [5.74, 6) is 0.820. The smallest absolute Gasteiger partial charge is 0.326 e. The van der Waals surface area contributed by atoms with Crippen molar-refractivity contribution in [3.63, 3.8) is 0 Å². The molecule has 2 saturated carbocycles. The molecule has 33 heavy (non-hydrogen) atoms. The number of H-pyrrole nitrogens is 2. The summed E-state index contributed by atoms with van der Waals surface area (Å²) in [4.78, 5) is 42.9. The van der Waals surface area contributed by atoms with Crippen molar-refractivity contribution < 1.29 is 9.90 Å². The number of aromatic hydroxyl groups is 1. The highest BCUT2D eigenvalue weighted by atomic mass is 16.3. The van der Waals surface area contributed by atoms with Gasteiger partial charge in [-0.1, -0.05) is 6.92 Å². The van der Waals surface area contributed by atoms with Crippen LogP contribution in [0.4, 0.5) is 5.82 Å². The topological polar surface area (TPSA) is 135 Å². The van der Waals surface area contributed by atoms with E-state index in [9.17, 15) is 14.7 Å². The zero-order valence-corrected chi connectivity index (χ0v) is 18.4. The molecule has 0 atom stereocenters. The summed E-state index contributed by atoms with van der Waals surface area (Å²) < 4.78 is 1.70. The Morgan fingerprint density at radius 1 is 1.24 bits per heavy atom. The Kier molecular flexibility index (Phi) is 4.36. The van der Waals surface area contributed by atoms with E-state index in [4.69, 9.17) is 9.98 Å². The number of amides is 1. The SMILES string of the molecule is CC1(C(=O)N2CCN(c3cc(=NC4CC4)n4nc/c(=C\c5[nH]c(=O)[nH]c5O)c4n3)CC2)CC1. The van der Waals surface area contributed by atoms with Gasteiger partial charge in [0, 0.05) is 42.9 Å². The number of nitrogens with zero attached hydrogens (tertiary/aromatic N) is 6. The van der Waals surface area contributed by atoms with Crippen LogP contribution in [0.5, 0.6) is 5.88 Å². The second-order valence-corrected chi connectivity index (χ2v) is 9.49. The molecular weight excluding hydrogens is 424 g/mol. The fourth-order valence-electron chi connectivity index (χ4n) is 4.27. The molecule has 2 aliphatic carbocycles. The van der Waals surface area contributed by atoms with Crippen molar-refractivity contribution in [1.82, 2.24) is 29.5 Å². The Morgan fingerprint density at radius 3 is 2.64 bits per heavy atom. The standard InChI is InChI=1S/C22H26N8O3/c1-22(4-5-22)20(32)29-8-6-28(7-9-29)16-11-17(24-14-2-3-14)30-18(26-16)13(12-23-30)10-15-19(31)27-21(33)25-15/h10-12,14,31H,2-9H2,1H3,(H2,25,27,33)/b13-10+,24-17?. The molecule has 3 aromatic heterocycles. The Labute approximate surface area is 188 Å². The first kappa shape index (κ1) is 20.0. The van der Waals surface area contributed by atoms with Gasteiger partial charge in [0.25, 0.3) is 0 Å². The average Bonchev–Trinajstić information content (AvgIpc) is 3.71. The van der Waals surface area contributed by atoms with Gasteiger partial charge in [-0.25, -0.2) is 9.78 Å². The lowest BCUT2D eigenvalue weighted by molar-refractivity contribution is -0.136. The maximum Gasteiger partial charge on any atom is 0.326 e. The molecular formula is C22H26N8O3. The van der Waals surface area contributed by atoms with Gasteiger partial charge in [0.05, 0.1) is 12.2 Å². The van der Waals surface area contributed by atoms with E-state index in [1.807, 2.05) is 11.0 Å². The Bertz CT molecular complexity index is 1420. The maximum atomic E-state index is 12.7. The first-order chi connectivity index (χ1) is 15.9. The highest BCUT2D eigenvalue weighted by Crippen LogP contribution is 2.46. The van der Waals surface area contributed by atoms with E-state index in [-0.39, 0.29) is 22.9 Å². The zero-order chi connectivity index (χ0) is 22.7. The van der Waals surface area contributed by atoms with E-state index < -0.39 is 5.69 Å². The van der Waals surface area contributed by atoms with Crippen LogP contribution < -0.4 is 21.3 Å². The predicted octanol–water partition coefficient (Wildman–Crippen LogP) is -0.489. The van der Waals surface area contributed by atoms with Gasteiger partial charge >= 0.3 is 5.69 Å². The summed E-state index contributed by atoms with van der Waals surface area (Å²) in [6.07, 6.45) is 7.39. The average molecular weight is 451 g/mol. The highest BCUT2D eigenvalue weighted by molar-refractivity contribution is 5.85. The molecule has 0 bridgehead atoms. The summed E-state index contributed by atoms with van der Waals surface area (Å²) in [5, 5.41) is 15.1. The zero-order valence-electron chi connectivity index (χ0n) is 18.4. The summed E-state index contributed by atoms with van der Waals surface area (Å²) in [6, 6.07) is 2.26. The van der Waals surface area contributed by atoms with Gasteiger partial charge in [-0.15, -0.1) is 0 Å². The van der Waals surface area contributed by atoms with E-state index >= 15 is 0 Å². The van der Waals surface area contributed by atoms with Gasteiger partial charge < -0.3 is 19.9 Å². The molecule has 11 nitrogen and oxygen atoms in total. The number of anilines is 1. The van der Waals surface area contributed by atoms with Gasteiger partial charge in [-0.05, 0) is 31.8 Å². The number of aromatic nitrogens is 5. The lowest BCUT2D eigenvalue weighted by Gasteiger charge is -2.36. The van der Waals surface area contributed by atoms with Crippen molar-refractivity contribution in [2.75, 3.05) is 31.1 Å². The second-order valence-electron chi connectivity index (χ2n) is 9.49. The van der Waals surface area contributed by atoms with Crippen molar-refractivity contribution in [3.05, 3.63) is 39.1 Å². The molecule has 3 aromatic rings. The van der Waals surface area contributed by atoms with Crippen LogP contribution in [-0.4, -0.2) is 72.7 Å². The highest BCUT2D eigenvalue weighted by Gasteiger charge is 2.47. The normalized spacial score (nSPS) is 21.2. The Balaban J connectivity index is 1.37. The van der Waals surface area contributed by atoms with E-state index in [1.165, 1.54) is 0 Å². The van der Waals surface area contributed by atoms with E-state index in [0.29, 0.717) is 43.1 Å². The van der Waals surface area contributed by atoms with Crippen molar-refractivity contribution in [3.8, 4) is 5.88 Å². The number of fused-ring (bicyclic) bond motifs is 1. The van der Waals surface area contributed by atoms with Crippen LogP contribution in [0.3, 0.4) is 0 Å². The molecule has 0 spiro atoms. The molecule has 11 heteroatoms. The third-order valence-electron chi connectivity index (χ3n) is 6.77. The first-order valence-corrected chi connectivity index (χ1v) is 11.4. The largest absolute Gasteiger partial charge is 0.493 e. The van der Waals surface area contributed by atoms with Crippen molar-refractivity contribution in [2.45, 2.75) is 38.6 Å². The van der Waals surface area contributed by atoms with Crippen LogP contribution in [-0.2, 0) is 4.79 Å². The first-order valence-electron chi connectivity index (χ1n) is 11.4. The lowest BCUT2D eigenvalue weighted by atomic mass is 10.1. The molecule has 172 valence electrons. The van der Waals surface area contributed by atoms with Gasteiger partial charge in [-0.2, -0.15) is 9.61 Å². The van der Waals surface area contributed by atoms with Gasteiger partial charge in [0.1, 0.15) is 11.5 Å². The molecule has 1 amide bonds. The quantitative estimate of drug-likeness (QED) is 0.491. The van der Waals surface area contributed by atoms with Gasteiger partial charge in [-0.3, -0.25) is 14.8 Å². The summed E-state index contributed by atoms with van der Waals surface area (Å²) >= 11 is 0. The van der Waals surface area contributed by atoms with Crippen LogP contribution in [0.2, 0.25) is 0 Å². The number of imidazole rings is 1. The van der Waals surface area contributed by atoms with Crippen molar-refractivity contribution >= 4 is 23.4 Å². The summed E-state index contributed by atoms with van der Waals surface area (Å²) in [5.41, 5.74) is 0.956. The molecule has 0 radical (unpaired) electrons. The molecule has 3 aliphatic rings. The minimum absolute atomic E-state index is 0.150. The number of carbonyl (C=O) groups excluding carboxylic acids is 1. The minimum atomic E-state index is -0.485. The Morgan fingerprint density at radius 2 is 2.00 bits per heavy atom. The lowest BCUT2D eigenvalue weighted by Crippen LogP contribution is -2.51. The third-order valence-corrected chi connectivity index (χ3v) is 6.77. The maximum absolute atomic E-state index is 12.7. The number of aromatic amines is 2. The fraction of sp³-hybridized carbons (Fsp3) is 0.500. The second kappa shape index (κ2) is 7.19. The molecule has 1 saturated heterocycles. The van der Waals surface area contributed by atoms with Crippen LogP contribution in [0.15, 0.2) is 22.1 Å². The van der Waals surface area contributed by atoms with Crippen LogP contribution in [0.25, 0.3) is 11.7 Å². The summed E-state index contributed by atoms with van der Waals surface area (Å²) in [7, 11) is 0. The summed E-state index contributed by atoms with van der Waals surface area (Å²) in [6.45, 7) is 4.80. The molecule has 1 aliphatic heterocycles. The molecule has 6 rings (SSSR count). The van der Waals surface area contributed by atoms with Crippen LogP contribution in [0.1, 0.15) is 38.3 Å². The number of hydrogen-bond donors (Lipinski definition) is 3. The monoisotopic (exact) mass is 450 g/mol. The number of nitrogens with one attached hydrogen (secondary N) is 2. The predicted molar refractivity (Wildman–Crippen MR) is 120 cm³/mol. The number of carbonyl (C=O) groups is 1. The van der Waals surface area contributed by atoms with Crippen LogP contribution in [0, 0.1) is 5.41 Å². The minimum Gasteiger partial charge on any atom is -0.493 e. The molecule has 0 unspecified atom stereocenters. The molecule has 3 fully saturated rings. The molecule has 0 aromatic carbocycles. The third kappa shape index (κ3) is 3.66. The van der Waals surface area contributed by atoms with Gasteiger partial charge in [0.2, 0.25) is 11.8 Å². The van der Waals surface area contributed by atoms with Crippen LogP contribution >= 0.6 is 0 Å². The Hall–Kier alpha value is -3.63. The van der Waals surface area contributed by atoms with Crippen molar-refractivity contribution in [2.24, 2.45) is 10.4 Å². The molecule has 4 heterocycles. The fourth-order valence-corrected chi connectivity index (χ4v) is 4.27.